The van der Waals surface area contributed by atoms with Gasteiger partial charge in [0.2, 0.25) is 4.80 Å². The highest BCUT2D eigenvalue weighted by Crippen LogP contribution is 2.33. The molecule has 0 saturated heterocycles. The summed E-state index contributed by atoms with van der Waals surface area (Å²) in [6.07, 6.45) is 0. The number of anilines is 1. The number of rotatable bonds is 5. The molecular weight excluding hydrogens is 540 g/mol. The van der Waals surface area contributed by atoms with E-state index in [0.29, 0.717) is 44.6 Å². The van der Waals surface area contributed by atoms with Crippen molar-refractivity contribution in [2.24, 2.45) is 17.1 Å². The first kappa shape index (κ1) is 26.1. The van der Waals surface area contributed by atoms with E-state index < -0.39 is 0 Å². The van der Waals surface area contributed by atoms with Crippen LogP contribution in [0, 0.1) is 6.92 Å². The number of hydrogen-bond donors (Lipinski definition) is 2. The van der Waals surface area contributed by atoms with Crippen molar-refractivity contribution in [3.8, 4) is 28.4 Å². The molecule has 0 atom stereocenters. The fourth-order valence-corrected chi connectivity index (χ4v) is 5.51. The maximum atomic E-state index is 13.6. The van der Waals surface area contributed by atoms with E-state index >= 15 is 0 Å². The molecule has 206 valence electrons. The van der Waals surface area contributed by atoms with E-state index in [2.05, 4.69) is 5.32 Å². The van der Waals surface area contributed by atoms with Gasteiger partial charge < -0.3 is 15.2 Å². The van der Waals surface area contributed by atoms with Gasteiger partial charge >= 0.3 is 0 Å². The number of phenols is 1. The van der Waals surface area contributed by atoms with Gasteiger partial charge in [-0.05, 0) is 56.3 Å². The van der Waals surface area contributed by atoms with Crippen LogP contribution in [0.25, 0.3) is 16.9 Å². The number of nitrogens with zero attached hydrogens (tertiary/aromatic N) is 5. The number of hydrogen-bond acceptors (Lipinski definition) is 7. The van der Waals surface area contributed by atoms with Crippen LogP contribution in [0.3, 0.4) is 0 Å². The maximum absolute atomic E-state index is 13.6. The highest BCUT2D eigenvalue weighted by Gasteiger charge is 2.20. The average molecular weight is 567 g/mol. The largest absolute Gasteiger partial charge is 0.507 e. The van der Waals surface area contributed by atoms with Crippen LogP contribution in [0.15, 0.2) is 93.1 Å². The topological polar surface area (TPSA) is 115 Å². The molecule has 10 nitrogen and oxygen atoms in total. The molecule has 41 heavy (non-hydrogen) atoms. The van der Waals surface area contributed by atoms with Gasteiger partial charge in [0.05, 0.1) is 28.5 Å². The average Bonchev–Trinajstić information content (AvgIpc) is 3.46. The van der Waals surface area contributed by atoms with Crippen molar-refractivity contribution >= 4 is 34.3 Å². The van der Waals surface area contributed by atoms with Crippen molar-refractivity contribution in [3.05, 3.63) is 105 Å². The SMILES string of the molecule is CC(=Nn1c(-c2ccc3c(c2)NC(=O)CO3)csc1=Nc1c(C)n(C)n(-c2ccccc2)c1=O)c1ccccc1O. The van der Waals surface area contributed by atoms with Crippen LogP contribution < -0.4 is 20.4 Å². The van der Waals surface area contributed by atoms with Gasteiger partial charge in [-0.3, -0.25) is 14.3 Å². The Bertz CT molecular complexity index is 1960. The molecule has 1 amide bonds. The summed E-state index contributed by atoms with van der Waals surface area (Å²) in [4.78, 5) is 30.8. The van der Waals surface area contributed by atoms with Gasteiger partial charge in [-0.15, -0.1) is 11.3 Å². The molecule has 0 radical (unpaired) electrons. The molecule has 3 aromatic carbocycles. The van der Waals surface area contributed by atoms with Crippen molar-refractivity contribution in [1.29, 1.82) is 0 Å². The first-order valence-corrected chi connectivity index (χ1v) is 13.7. The normalized spacial score (nSPS) is 13.6. The summed E-state index contributed by atoms with van der Waals surface area (Å²) in [7, 11) is 1.82. The molecular formula is C30H26N6O4S. The number of thiazole rings is 1. The van der Waals surface area contributed by atoms with Gasteiger partial charge in [0.1, 0.15) is 11.5 Å². The van der Waals surface area contributed by atoms with Crippen molar-refractivity contribution in [3.63, 3.8) is 0 Å². The highest BCUT2D eigenvalue weighted by atomic mass is 32.1. The standard InChI is InChI=1S/C30H26N6O4S/c1-18(22-11-7-8-12-25(22)37)33-35-24(20-13-14-26-23(15-20)31-27(38)16-40-26)17-41-30(35)32-28-19(2)34(3)36(29(28)39)21-9-5-4-6-10-21/h4-15,17,37H,16H2,1-3H3,(H,31,38). The van der Waals surface area contributed by atoms with Gasteiger partial charge in [0.15, 0.2) is 12.3 Å². The fraction of sp³-hybridized carbons (Fsp3) is 0.133. The Kier molecular flexibility index (Phi) is 6.64. The lowest BCUT2D eigenvalue weighted by molar-refractivity contribution is -0.118. The van der Waals surface area contributed by atoms with Gasteiger partial charge in [0, 0.05) is 23.6 Å². The number of benzene rings is 3. The predicted molar refractivity (Wildman–Crippen MR) is 159 cm³/mol. The Morgan fingerprint density at radius 1 is 1.05 bits per heavy atom. The van der Waals surface area contributed by atoms with E-state index in [1.807, 2.05) is 67.9 Å². The molecule has 0 aliphatic carbocycles. The molecule has 0 spiro atoms. The third-order valence-corrected chi connectivity index (χ3v) is 7.68. The Labute approximate surface area is 238 Å². The van der Waals surface area contributed by atoms with Crippen LogP contribution in [0.4, 0.5) is 11.4 Å². The monoisotopic (exact) mass is 566 g/mol. The number of ether oxygens (including phenoxy) is 1. The Morgan fingerprint density at radius 3 is 2.59 bits per heavy atom. The minimum Gasteiger partial charge on any atom is -0.507 e. The van der Waals surface area contributed by atoms with Gasteiger partial charge in [-0.1, -0.05) is 30.3 Å². The third-order valence-electron chi connectivity index (χ3n) is 6.87. The second-order valence-electron chi connectivity index (χ2n) is 9.49. The fourth-order valence-electron chi connectivity index (χ4n) is 4.68. The Morgan fingerprint density at radius 2 is 1.80 bits per heavy atom. The molecule has 11 heteroatoms. The van der Waals surface area contributed by atoms with Crippen LogP contribution in [0.2, 0.25) is 0 Å². The lowest BCUT2D eigenvalue weighted by Gasteiger charge is -2.18. The number of aromatic hydroxyl groups is 1. The van der Waals surface area contributed by atoms with Crippen LogP contribution >= 0.6 is 11.3 Å². The molecule has 2 N–H and O–H groups in total. The van der Waals surface area contributed by atoms with Crippen LogP contribution in [0.5, 0.6) is 11.5 Å². The van der Waals surface area contributed by atoms with E-state index in [1.54, 1.807) is 45.2 Å². The summed E-state index contributed by atoms with van der Waals surface area (Å²) >= 11 is 1.32. The van der Waals surface area contributed by atoms with E-state index in [1.165, 1.54) is 11.3 Å². The number of para-hydroxylation sites is 2. The van der Waals surface area contributed by atoms with Crippen molar-refractivity contribution in [2.75, 3.05) is 11.9 Å². The van der Waals surface area contributed by atoms with Crippen molar-refractivity contribution in [1.82, 2.24) is 14.0 Å². The summed E-state index contributed by atoms with van der Waals surface area (Å²) in [6.45, 7) is 3.61. The molecule has 1 aliphatic rings. The van der Waals surface area contributed by atoms with Crippen LogP contribution in [-0.2, 0) is 11.8 Å². The van der Waals surface area contributed by atoms with Gasteiger partial charge in [-0.25, -0.2) is 14.4 Å². The molecule has 0 bridgehead atoms. The third kappa shape index (κ3) is 4.76. The van der Waals surface area contributed by atoms with E-state index in [9.17, 15) is 14.7 Å². The molecule has 6 rings (SSSR count). The smallest absolute Gasteiger partial charge is 0.297 e. The summed E-state index contributed by atoms with van der Waals surface area (Å²) in [5.41, 5.74) is 4.57. The van der Waals surface area contributed by atoms with Crippen molar-refractivity contribution in [2.45, 2.75) is 13.8 Å². The molecule has 0 saturated carbocycles. The molecule has 3 heterocycles. The van der Waals surface area contributed by atoms with Gasteiger partial charge in [0.25, 0.3) is 11.5 Å². The predicted octanol–water partition coefficient (Wildman–Crippen LogP) is 4.56. The maximum Gasteiger partial charge on any atom is 0.297 e. The zero-order valence-electron chi connectivity index (χ0n) is 22.5. The zero-order chi connectivity index (χ0) is 28.7. The number of nitrogens with one attached hydrogen (secondary N) is 1. The van der Waals surface area contributed by atoms with Crippen LogP contribution in [-0.4, -0.2) is 37.4 Å². The molecule has 5 aromatic rings. The zero-order valence-corrected chi connectivity index (χ0v) is 23.3. The minimum atomic E-state index is -0.257. The van der Waals surface area contributed by atoms with E-state index in [0.717, 1.165) is 11.3 Å². The summed E-state index contributed by atoms with van der Waals surface area (Å²) < 4.78 is 10.5. The van der Waals surface area contributed by atoms with E-state index in [4.69, 9.17) is 14.8 Å². The lowest BCUT2D eigenvalue weighted by Crippen LogP contribution is -2.25. The molecule has 1 aliphatic heterocycles. The van der Waals surface area contributed by atoms with Crippen LogP contribution in [0.1, 0.15) is 18.2 Å². The highest BCUT2D eigenvalue weighted by molar-refractivity contribution is 7.07. The first-order chi connectivity index (χ1) is 19.8. The quantitative estimate of drug-likeness (QED) is 0.304. The number of phenolic OH excluding ortho intramolecular Hbond substituents is 1. The number of carbonyl (C=O) groups excluding carboxylic acids is 1. The van der Waals surface area contributed by atoms with Gasteiger partial charge in [-0.2, -0.15) is 5.10 Å². The Hall–Kier alpha value is -5.16. The molecule has 2 aromatic heterocycles. The first-order valence-electron chi connectivity index (χ1n) is 12.8. The molecule has 0 fully saturated rings. The second-order valence-corrected chi connectivity index (χ2v) is 10.3. The Balaban J connectivity index is 1.56. The summed E-state index contributed by atoms with van der Waals surface area (Å²) in [5.74, 6) is 0.449. The summed E-state index contributed by atoms with van der Waals surface area (Å²) in [5, 5.41) is 20.0. The second kappa shape index (κ2) is 10.4. The lowest BCUT2D eigenvalue weighted by atomic mass is 10.1. The number of aromatic nitrogens is 3. The minimum absolute atomic E-state index is 0.0329. The molecule has 0 unspecified atom stereocenters. The number of carbonyl (C=O) groups is 1. The summed E-state index contributed by atoms with van der Waals surface area (Å²) in [6, 6.07) is 21.8. The van der Waals surface area contributed by atoms with Crippen molar-refractivity contribution < 1.29 is 14.6 Å². The van der Waals surface area contributed by atoms with E-state index in [-0.39, 0.29) is 23.8 Å². The number of amides is 1. The number of fused-ring (bicyclic) bond motifs is 1.